The number of unbranched alkanes of at least 4 members (excludes halogenated alkanes) is 2. The molecule has 1 aromatic rings. The van der Waals surface area contributed by atoms with Crippen LogP contribution in [0.25, 0.3) is 0 Å². The highest BCUT2D eigenvalue weighted by Gasteiger charge is 2.18. The van der Waals surface area contributed by atoms with Crippen molar-refractivity contribution >= 4 is 5.96 Å². The fourth-order valence-electron chi connectivity index (χ4n) is 3.15. The van der Waals surface area contributed by atoms with E-state index >= 15 is 0 Å². The number of hydrogen-bond acceptors (Lipinski definition) is 3. The van der Waals surface area contributed by atoms with E-state index in [1.165, 1.54) is 38.5 Å². The molecule has 0 aliphatic carbocycles. The van der Waals surface area contributed by atoms with Crippen molar-refractivity contribution in [1.82, 2.24) is 25.4 Å². The summed E-state index contributed by atoms with van der Waals surface area (Å²) in [7, 11) is 1.82. The minimum absolute atomic E-state index is 0.279. The van der Waals surface area contributed by atoms with E-state index in [1.54, 1.807) is 0 Å². The van der Waals surface area contributed by atoms with Gasteiger partial charge >= 0.3 is 0 Å². The van der Waals surface area contributed by atoms with Gasteiger partial charge in [-0.2, -0.15) is 0 Å². The third-order valence-corrected chi connectivity index (χ3v) is 4.77. The molecule has 0 bridgehead atoms. The Kier molecular flexibility index (Phi) is 7.06. The molecule has 0 saturated carbocycles. The molecule has 1 aliphatic heterocycles. The summed E-state index contributed by atoms with van der Waals surface area (Å²) in [5.74, 6) is 2.97. The van der Waals surface area contributed by atoms with E-state index in [9.17, 15) is 0 Å². The molecule has 0 unspecified atom stereocenters. The third kappa shape index (κ3) is 5.49. The molecule has 0 aromatic carbocycles. The van der Waals surface area contributed by atoms with Crippen LogP contribution >= 0.6 is 0 Å². The molecule has 24 heavy (non-hydrogen) atoms. The first-order chi connectivity index (χ1) is 11.6. The lowest BCUT2D eigenvalue weighted by atomic mass is 9.87. The van der Waals surface area contributed by atoms with Gasteiger partial charge in [0.2, 0.25) is 0 Å². The molecule has 0 radical (unpaired) electrons. The molecule has 2 heterocycles. The predicted molar refractivity (Wildman–Crippen MR) is 99.1 cm³/mol. The number of aryl methyl sites for hydroxylation is 1. The summed E-state index contributed by atoms with van der Waals surface area (Å²) in [6, 6.07) is 0. The van der Waals surface area contributed by atoms with E-state index in [0.717, 1.165) is 37.1 Å². The Bertz CT molecular complexity index is 532. The molecule has 6 nitrogen and oxygen atoms in total. The molecule has 2 rings (SSSR count). The Morgan fingerprint density at radius 1 is 1.21 bits per heavy atom. The number of fused-ring (bicyclic) bond motifs is 1. The standard InChI is InChI=1S/C18H34N6/c1-5-6-8-11-18(2,3)14-21-17(19-4)20-13-16-23-22-15-10-7-9-12-24(15)16/h5-14H2,1-4H3,(H2,19,20,21). The summed E-state index contributed by atoms with van der Waals surface area (Å²) in [4.78, 5) is 4.34. The van der Waals surface area contributed by atoms with Crippen LogP contribution in [0.5, 0.6) is 0 Å². The summed E-state index contributed by atoms with van der Waals surface area (Å²) in [5, 5.41) is 15.5. The topological polar surface area (TPSA) is 67.1 Å². The average Bonchev–Trinajstić information content (AvgIpc) is 2.98. The lowest BCUT2D eigenvalue weighted by Crippen LogP contribution is -2.42. The van der Waals surface area contributed by atoms with E-state index in [-0.39, 0.29) is 5.41 Å². The highest BCUT2D eigenvalue weighted by Crippen LogP contribution is 2.22. The molecule has 0 saturated heterocycles. The Morgan fingerprint density at radius 2 is 2.04 bits per heavy atom. The van der Waals surface area contributed by atoms with Gasteiger partial charge in [0, 0.05) is 26.6 Å². The maximum Gasteiger partial charge on any atom is 0.191 e. The molecule has 136 valence electrons. The number of nitrogens with one attached hydrogen (secondary N) is 2. The van der Waals surface area contributed by atoms with Crippen LogP contribution in [0.4, 0.5) is 0 Å². The van der Waals surface area contributed by atoms with E-state index in [1.807, 2.05) is 7.05 Å². The molecule has 0 fully saturated rings. The summed E-state index contributed by atoms with van der Waals surface area (Å²) in [5.41, 5.74) is 0.279. The van der Waals surface area contributed by atoms with Gasteiger partial charge in [-0.15, -0.1) is 10.2 Å². The van der Waals surface area contributed by atoms with Gasteiger partial charge in [-0.3, -0.25) is 4.99 Å². The quantitative estimate of drug-likeness (QED) is 0.436. The van der Waals surface area contributed by atoms with Crippen molar-refractivity contribution in [3.8, 4) is 0 Å². The van der Waals surface area contributed by atoms with Gasteiger partial charge in [-0.05, 0) is 24.7 Å². The largest absolute Gasteiger partial charge is 0.356 e. The molecular formula is C18H34N6. The van der Waals surface area contributed by atoms with Gasteiger partial charge in [0.05, 0.1) is 6.54 Å². The van der Waals surface area contributed by atoms with E-state index in [0.29, 0.717) is 6.54 Å². The normalized spacial score (nSPS) is 15.2. The monoisotopic (exact) mass is 334 g/mol. The molecule has 2 N–H and O–H groups in total. The zero-order valence-electron chi connectivity index (χ0n) is 15.9. The average molecular weight is 335 g/mol. The zero-order chi connectivity index (χ0) is 17.4. The molecule has 0 atom stereocenters. The summed E-state index contributed by atoms with van der Waals surface area (Å²) in [6.07, 6.45) is 8.61. The zero-order valence-corrected chi connectivity index (χ0v) is 15.9. The van der Waals surface area contributed by atoms with Crippen LogP contribution in [-0.4, -0.2) is 34.3 Å². The summed E-state index contributed by atoms with van der Waals surface area (Å²) < 4.78 is 2.25. The second-order valence-electron chi connectivity index (χ2n) is 7.54. The smallest absolute Gasteiger partial charge is 0.191 e. The first-order valence-corrected chi connectivity index (χ1v) is 9.41. The molecular weight excluding hydrogens is 300 g/mol. The fraction of sp³-hybridized carbons (Fsp3) is 0.833. The van der Waals surface area contributed by atoms with E-state index in [2.05, 4.69) is 51.2 Å². The van der Waals surface area contributed by atoms with Crippen LogP contribution in [0.1, 0.15) is 70.9 Å². The number of aliphatic imine (C=N–C) groups is 1. The highest BCUT2D eigenvalue weighted by atomic mass is 15.3. The first kappa shape index (κ1) is 18.7. The van der Waals surface area contributed by atoms with Gasteiger partial charge in [0.15, 0.2) is 11.8 Å². The molecule has 6 heteroatoms. The van der Waals surface area contributed by atoms with Crippen LogP contribution in [0.3, 0.4) is 0 Å². The maximum absolute atomic E-state index is 4.34. The van der Waals surface area contributed by atoms with Crippen molar-refractivity contribution in [2.45, 2.75) is 78.8 Å². The van der Waals surface area contributed by atoms with Gasteiger partial charge in [0.25, 0.3) is 0 Å². The third-order valence-electron chi connectivity index (χ3n) is 4.77. The fourth-order valence-corrected chi connectivity index (χ4v) is 3.15. The number of guanidine groups is 1. The lowest BCUT2D eigenvalue weighted by Gasteiger charge is -2.26. The van der Waals surface area contributed by atoms with Crippen molar-refractivity contribution in [2.75, 3.05) is 13.6 Å². The predicted octanol–water partition coefficient (Wildman–Crippen LogP) is 2.89. The van der Waals surface area contributed by atoms with Crippen LogP contribution in [0.2, 0.25) is 0 Å². The van der Waals surface area contributed by atoms with Gasteiger partial charge in [0.1, 0.15) is 5.82 Å². The minimum atomic E-state index is 0.279. The molecule has 1 aromatic heterocycles. The molecule has 1 aliphatic rings. The first-order valence-electron chi connectivity index (χ1n) is 9.41. The summed E-state index contributed by atoms with van der Waals surface area (Å²) in [6.45, 7) is 9.52. The van der Waals surface area contributed by atoms with Gasteiger partial charge in [-0.25, -0.2) is 0 Å². The van der Waals surface area contributed by atoms with Crippen molar-refractivity contribution in [2.24, 2.45) is 10.4 Å². The molecule has 0 amide bonds. The van der Waals surface area contributed by atoms with Crippen molar-refractivity contribution < 1.29 is 0 Å². The van der Waals surface area contributed by atoms with Crippen molar-refractivity contribution in [1.29, 1.82) is 0 Å². The second-order valence-corrected chi connectivity index (χ2v) is 7.54. The SMILES string of the molecule is CCCCCC(C)(C)CNC(=NC)NCc1nnc2n1CCCC2. The Hall–Kier alpha value is -1.59. The minimum Gasteiger partial charge on any atom is -0.356 e. The van der Waals surface area contributed by atoms with Crippen LogP contribution in [0.15, 0.2) is 4.99 Å². The number of hydrogen-bond donors (Lipinski definition) is 2. The van der Waals surface area contributed by atoms with Gasteiger partial charge < -0.3 is 15.2 Å². The van der Waals surface area contributed by atoms with Crippen molar-refractivity contribution in [3.63, 3.8) is 0 Å². The number of rotatable bonds is 8. The van der Waals surface area contributed by atoms with Crippen LogP contribution in [0, 0.1) is 5.41 Å². The molecule has 0 spiro atoms. The highest BCUT2D eigenvalue weighted by molar-refractivity contribution is 5.79. The van der Waals surface area contributed by atoms with E-state index < -0.39 is 0 Å². The van der Waals surface area contributed by atoms with Crippen LogP contribution < -0.4 is 10.6 Å². The second kappa shape index (κ2) is 9.04. The Balaban J connectivity index is 1.79. The maximum atomic E-state index is 4.34. The van der Waals surface area contributed by atoms with E-state index in [4.69, 9.17) is 0 Å². The Morgan fingerprint density at radius 3 is 2.79 bits per heavy atom. The Labute approximate surface area is 146 Å². The summed E-state index contributed by atoms with van der Waals surface area (Å²) >= 11 is 0. The van der Waals surface area contributed by atoms with Gasteiger partial charge in [-0.1, -0.05) is 40.0 Å². The number of aromatic nitrogens is 3. The number of nitrogens with zero attached hydrogens (tertiary/aromatic N) is 4. The lowest BCUT2D eigenvalue weighted by molar-refractivity contribution is 0.318. The van der Waals surface area contributed by atoms with Crippen molar-refractivity contribution in [3.05, 3.63) is 11.6 Å². The van der Waals surface area contributed by atoms with Crippen LogP contribution in [-0.2, 0) is 19.5 Å².